The van der Waals surface area contributed by atoms with Crippen molar-refractivity contribution in [3.8, 4) is 0 Å². The van der Waals surface area contributed by atoms with Gasteiger partial charge in [-0.15, -0.1) is 0 Å². The van der Waals surface area contributed by atoms with Gasteiger partial charge in [0.15, 0.2) is 9.84 Å². The number of carbonyl (C=O) groups is 1. The number of piperidine rings is 1. The van der Waals surface area contributed by atoms with Gasteiger partial charge in [0, 0.05) is 19.3 Å². The Kier molecular flexibility index (Phi) is 6.21. The van der Waals surface area contributed by atoms with E-state index in [-0.39, 0.29) is 16.8 Å². The number of alkyl halides is 3. The Labute approximate surface area is 177 Å². The first-order valence-electron chi connectivity index (χ1n) is 9.53. The van der Waals surface area contributed by atoms with Crippen molar-refractivity contribution in [3.05, 3.63) is 42.5 Å². The van der Waals surface area contributed by atoms with Gasteiger partial charge in [-0.2, -0.15) is 23.4 Å². The molecule has 0 aliphatic carbocycles. The highest BCUT2D eigenvalue weighted by molar-refractivity contribution is 7.92. The highest BCUT2D eigenvalue weighted by Gasteiger charge is 2.44. The summed E-state index contributed by atoms with van der Waals surface area (Å²) in [6.07, 6.45) is -0.156. The maximum absolute atomic E-state index is 13.1. The third-order valence-corrected chi connectivity index (χ3v) is 8.21. The van der Waals surface area contributed by atoms with Gasteiger partial charge in [0.2, 0.25) is 0 Å². The molecule has 3 rings (SSSR count). The van der Waals surface area contributed by atoms with Crippen LogP contribution in [0.2, 0.25) is 0 Å². The minimum absolute atomic E-state index is 0.254. The number of hydrogen-bond acceptors (Lipinski definition) is 6. The summed E-state index contributed by atoms with van der Waals surface area (Å²) in [7, 11) is -3.95. The molecule has 1 aliphatic heterocycles. The molecule has 2 aromatic rings. The molecule has 0 spiro atoms. The maximum atomic E-state index is 13.1. The molecule has 1 aliphatic rings. The Hall–Kier alpha value is -2.76. The molecule has 2 amide bonds. The zero-order chi connectivity index (χ0) is 22.9. The number of carbonyl (C=O) groups excluding carboxylic acids is 1. The SMILES string of the molecule is CC(C)(C1CCN(C(=O)Nc2ccnnc2)CC1)S(=O)(=O)c1ccc(C(F)(F)F)nc1. The largest absolute Gasteiger partial charge is 0.433 e. The number of nitrogens with one attached hydrogen (secondary N) is 1. The van der Waals surface area contributed by atoms with Gasteiger partial charge in [-0.3, -0.25) is 4.98 Å². The molecule has 0 aromatic carbocycles. The number of pyridine rings is 1. The van der Waals surface area contributed by atoms with Crippen molar-refractivity contribution in [1.29, 1.82) is 0 Å². The zero-order valence-electron chi connectivity index (χ0n) is 16.9. The molecule has 0 unspecified atom stereocenters. The van der Waals surface area contributed by atoms with Crippen LogP contribution in [0.4, 0.5) is 23.7 Å². The number of sulfone groups is 1. The number of amides is 2. The molecule has 3 heterocycles. The Morgan fingerprint density at radius 2 is 1.77 bits per heavy atom. The van der Waals surface area contributed by atoms with Crippen molar-refractivity contribution < 1.29 is 26.4 Å². The average molecular weight is 457 g/mol. The molecule has 0 atom stereocenters. The van der Waals surface area contributed by atoms with Gasteiger partial charge in [-0.1, -0.05) is 0 Å². The quantitative estimate of drug-likeness (QED) is 0.755. The van der Waals surface area contributed by atoms with E-state index < -0.39 is 26.5 Å². The lowest BCUT2D eigenvalue weighted by Gasteiger charge is -2.40. The standard InChI is InChI=1S/C19H22F3N5O3S/c1-18(2,31(29,30)15-3-4-16(23-12-15)19(20,21)22)13-6-9-27(10-7-13)17(28)26-14-5-8-24-25-11-14/h3-5,8,11-13H,6-7,9-10H2,1-2H3,(H,24,26,28). The molecule has 8 nitrogen and oxygen atoms in total. The fraction of sp³-hybridized carbons (Fsp3) is 0.474. The van der Waals surface area contributed by atoms with Crippen LogP contribution in [0.5, 0.6) is 0 Å². The number of nitrogens with zero attached hydrogens (tertiary/aromatic N) is 4. The molecule has 0 bridgehead atoms. The van der Waals surface area contributed by atoms with Crippen LogP contribution in [0.15, 0.2) is 41.7 Å². The lowest BCUT2D eigenvalue weighted by Crippen LogP contribution is -2.48. The number of hydrogen-bond donors (Lipinski definition) is 1. The number of urea groups is 1. The van der Waals surface area contributed by atoms with E-state index in [9.17, 15) is 26.4 Å². The van der Waals surface area contributed by atoms with E-state index in [2.05, 4.69) is 20.5 Å². The van der Waals surface area contributed by atoms with Gasteiger partial charge in [0.1, 0.15) is 5.69 Å². The summed E-state index contributed by atoms with van der Waals surface area (Å²) in [6, 6.07) is 2.90. The second-order valence-corrected chi connectivity index (χ2v) is 10.3. The summed E-state index contributed by atoms with van der Waals surface area (Å²) in [5.41, 5.74) is -0.646. The predicted molar refractivity (Wildman–Crippen MR) is 106 cm³/mol. The highest BCUT2D eigenvalue weighted by atomic mass is 32.2. The Bertz CT molecular complexity index is 1020. The third kappa shape index (κ3) is 4.78. The van der Waals surface area contributed by atoms with Gasteiger partial charge < -0.3 is 10.2 Å². The van der Waals surface area contributed by atoms with Crippen molar-refractivity contribution >= 4 is 21.6 Å². The summed E-state index contributed by atoms with van der Waals surface area (Å²) >= 11 is 0. The molecule has 1 fully saturated rings. The summed E-state index contributed by atoms with van der Waals surface area (Å²) in [4.78, 5) is 17.0. The molecule has 0 saturated carbocycles. The van der Waals surface area contributed by atoms with Crippen molar-refractivity contribution in [2.45, 2.75) is 42.5 Å². The minimum atomic E-state index is -4.64. The van der Waals surface area contributed by atoms with Gasteiger partial charge >= 0.3 is 12.2 Å². The number of halogens is 3. The van der Waals surface area contributed by atoms with E-state index >= 15 is 0 Å². The van der Waals surface area contributed by atoms with E-state index in [0.717, 1.165) is 12.3 Å². The number of aromatic nitrogens is 3. The van der Waals surface area contributed by atoms with Crippen molar-refractivity contribution in [2.24, 2.45) is 5.92 Å². The molecular weight excluding hydrogens is 435 g/mol. The highest BCUT2D eigenvalue weighted by Crippen LogP contribution is 2.38. The first kappa shape index (κ1) is 22.9. The summed E-state index contributed by atoms with van der Waals surface area (Å²) in [5, 5.41) is 10.0. The maximum Gasteiger partial charge on any atom is 0.433 e. The summed E-state index contributed by atoms with van der Waals surface area (Å²) in [5.74, 6) is -0.286. The van der Waals surface area contributed by atoms with Gasteiger partial charge in [0.05, 0.1) is 27.7 Å². The van der Waals surface area contributed by atoms with Crippen LogP contribution in [-0.2, 0) is 16.0 Å². The molecule has 31 heavy (non-hydrogen) atoms. The van der Waals surface area contributed by atoms with Crippen LogP contribution in [0.25, 0.3) is 0 Å². The van der Waals surface area contributed by atoms with E-state index in [0.29, 0.717) is 37.7 Å². The molecular formula is C19H22F3N5O3S. The van der Waals surface area contributed by atoms with Crippen LogP contribution in [0, 0.1) is 5.92 Å². The second-order valence-electron chi connectivity index (χ2n) is 7.81. The third-order valence-electron chi connectivity index (χ3n) is 5.63. The Morgan fingerprint density at radius 3 is 2.29 bits per heavy atom. The van der Waals surface area contributed by atoms with Crippen molar-refractivity contribution in [3.63, 3.8) is 0 Å². The van der Waals surface area contributed by atoms with Crippen molar-refractivity contribution in [1.82, 2.24) is 20.1 Å². The van der Waals surface area contributed by atoms with Crippen LogP contribution in [-0.4, -0.2) is 52.4 Å². The zero-order valence-corrected chi connectivity index (χ0v) is 17.7. The van der Waals surface area contributed by atoms with Crippen LogP contribution in [0.1, 0.15) is 32.4 Å². The number of rotatable bonds is 4. The number of likely N-dealkylation sites (tertiary alicyclic amines) is 1. The minimum Gasteiger partial charge on any atom is -0.325 e. The molecule has 12 heteroatoms. The predicted octanol–water partition coefficient (Wildman–Crippen LogP) is 3.39. The molecule has 1 N–H and O–H groups in total. The van der Waals surface area contributed by atoms with Crippen LogP contribution < -0.4 is 5.32 Å². The molecule has 1 saturated heterocycles. The van der Waals surface area contributed by atoms with Crippen LogP contribution in [0.3, 0.4) is 0 Å². The molecule has 0 radical (unpaired) electrons. The molecule has 2 aromatic heterocycles. The monoisotopic (exact) mass is 457 g/mol. The topological polar surface area (TPSA) is 105 Å². The number of anilines is 1. The average Bonchev–Trinajstić information content (AvgIpc) is 2.74. The first-order chi connectivity index (χ1) is 14.4. The van der Waals surface area contributed by atoms with E-state index in [1.165, 1.54) is 12.4 Å². The molecule has 168 valence electrons. The van der Waals surface area contributed by atoms with Crippen LogP contribution >= 0.6 is 0 Å². The van der Waals surface area contributed by atoms with E-state index in [1.54, 1.807) is 24.8 Å². The Balaban J connectivity index is 1.68. The summed E-state index contributed by atoms with van der Waals surface area (Å²) in [6.45, 7) is 3.81. The second kappa shape index (κ2) is 8.40. The van der Waals surface area contributed by atoms with E-state index in [4.69, 9.17) is 0 Å². The van der Waals surface area contributed by atoms with E-state index in [1.807, 2.05) is 0 Å². The fourth-order valence-corrected chi connectivity index (χ4v) is 5.30. The smallest absolute Gasteiger partial charge is 0.325 e. The van der Waals surface area contributed by atoms with Gasteiger partial charge in [-0.25, -0.2) is 13.2 Å². The first-order valence-corrected chi connectivity index (χ1v) is 11.0. The van der Waals surface area contributed by atoms with Gasteiger partial charge in [0.25, 0.3) is 0 Å². The Morgan fingerprint density at radius 1 is 1.10 bits per heavy atom. The summed E-state index contributed by atoms with van der Waals surface area (Å²) < 4.78 is 63.2. The van der Waals surface area contributed by atoms with Gasteiger partial charge in [-0.05, 0) is 50.8 Å². The lowest BCUT2D eigenvalue weighted by atomic mass is 9.86. The normalized spacial score (nSPS) is 16.2. The van der Waals surface area contributed by atoms with Crippen molar-refractivity contribution in [2.75, 3.05) is 18.4 Å². The lowest BCUT2D eigenvalue weighted by molar-refractivity contribution is -0.141. The fourth-order valence-electron chi connectivity index (χ4n) is 3.58.